The summed E-state index contributed by atoms with van der Waals surface area (Å²) in [6.45, 7) is 4.99. The van der Waals surface area contributed by atoms with E-state index in [1.165, 1.54) is 6.08 Å². The van der Waals surface area contributed by atoms with Crippen LogP contribution in [0.25, 0.3) is 6.08 Å². The molecule has 1 aromatic rings. The minimum Gasteiger partial charge on any atom is -0.490 e. The van der Waals surface area contributed by atoms with Gasteiger partial charge in [-0.25, -0.2) is 4.79 Å². The normalized spacial score (nSPS) is 12.3. The third-order valence-electron chi connectivity index (χ3n) is 2.74. The molecule has 0 bridgehead atoms. The van der Waals surface area contributed by atoms with Crippen molar-refractivity contribution in [3.8, 4) is 11.5 Å². The van der Waals surface area contributed by atoms with E-state index in [2.05, 4.69) is 0 Å². The Hall–Kier alpha value is -2.01. The summed E-state index contributed by atoms with van der Waals surface area (Å²) in [4.78, 5) is 10.5. The first-order chi connectivity index (χ1) is 10.1. The van der Waals surface area contributed by atoms with Gasteiger partial charge in [-0.15, -0.1) is 0 Å². The molecular formula is C16H22O5. The van der Waals surface area contributed by atoms with Gasteiger partial charge in [-0.1, -0.05) is 6.07 Å². The van der Waals surface area contributed by atoms with Gasteiger partial charge in [0, 0.05) is 26.2 Å². The van der Waals surface area contributed by atoms with Crippen LogP contribution in [0.15, 0.2) is 24.3 Å². The maximum atomic E-state index is 10.5. The van der Waals surface area contributed by atoms with Crippen molar-refractivity contribution >= 4 is 12.0 Å². The molecule has 1 atom stereocenters. The van der Waals surface area contributed by atoms with Crippen LogP contribution in [0, 0.1) is 0 Å². The molecule has 0 heterocycles. The van der Waals surface area contributed by atoms with Crippen molar-refractivity contribution in [1.29, 1.82) is 0 Å². The van der Waals surface area contributed by atoms with Gasteiger partial charge in [-0.3, -0.25) is 0 Å². The van der Waals surface area contributed by atoms with Crippen LogP contribution in [-0.4, -0.2) is 37.5 Å². The van der Waals surface area contributed by atoms with E-state index in [1.807, 2.05) is 13.8 Å². The smallest absolute Gasteiger partial charge is 0.328 e. The average Bonchev–Trinajstić information content (AvgIpc) is 2.45. The van der Waals surface area contributed by atoms with Crippen LogP contribution in [0.2, 0.25) is 0 Å². The van der Waals surface area contributed by atoms with Crippen LogP contribution >= 0.6 is 0 Å². The number of rotatable bonds is 9. The van der Waals surface area contributed by atoms with Gasteiger partial charge in [0.15, 0.2) is 11.5 Å². The second-order valence-corrected chi connectivity index (χ2v) is 4.52. The van der Waals surface area contributed by atoms with Crippen LogP contribution in [0.4, 0.5) is 0 Å². The molecule has 0 saturated heterocycles. The van der Waals surface area contributed by atoms with Gasteiger partial charge in [0.2, 0.25) is 0 Å². The summed E-state index contributed by atoms with van der Waals surface area (Å²) in [5.74, 6) is 0.267. The summed E-state index contributed by atoms with van der Waals surface area (Å²) in [7, 11) is 1.65. The quantitative estimate of drug-likeness (QED) is 0.709. The standard InChI is InChI=1S/C16H22O5/c1-4-20-15-11-13(6-8-16(17)18)5-7-14(15)21-12(2)9-10-19-3/h5-8,11-12H,4,9-10H2,1-3H3,(H,17,18)/b8-6+. The van der Waals surface area contributed by atoms with E-state index >= 15 is 0 Å². The molecule has 0 aromatic heterocycles. The molecular weight excluding hydrogens is 272 g/mol. The second-order valence-electron chi connectivity index (χ2n) is 4.52. The van der Waals surface area contributed by atoms with E-state index in [0.29, 0.717) is 24.7 Å². The van der Waals surface area contributed by atoms with E-state index in [4.69, 9.17) is 19.3 Å². The summed E-state index contributed by atoms with van der Waals surface area (Å²) < 4.78 is 16.4. The molecule has 1 N–H and O–H groups in total. The zero-order valence-electron chi connectivity index (χ0n) is 12.7. The molecule has 0 saturated carbocycles. The molecule has 0 radical (unpaired) electrons. The van der Waals surface area contributed by atoms with Crippen LogP contribution < -0.4 is 9.47 Å². The number of carboxylic acids is 1. The third-order valence-corrected chi connectivity index (χ3v) is 2.74. The highest BCUT2D eigenvalue weighted by molar-refractivity contribution is 5.85. The lowest BCUT2D eigenvalue weighted by atomic mass is 10.2. The Kier molecular flexibility index (Phi) is 7.32. The van der Waals surface area contributed by atoms with Crippen molar-refractivity contribution < 1.29 is 24.1 Å². The molecule has 116 valence electrons. The third kappa shape index (κ3) is 6.31. The molecule has 0 fully saturated rings. The van der Waals surface area contributed by atoms with Crippen molar-refractivity contribution in [3.05, 3.63) is 29.8 Å². The van der Waals surface area contributed by atoms with E-state index in [9.17, 15) is 4.79 Å². The molecule has 0 aliphatic carbocycles. The molecule has 1 aromatic carbocycles. The van der Waals surface area contributed by atoms with Crippen LogP contribution in [0.5, 0.6) is 11.5 Å². The Bertz CT molecular complexity index is 482. The Morgan fingerprint density at radius 2 is 2.14 bits per heavy atom. The highest BCUT2D eigenvalue weighted by atomic mass is 16.5. The Balaban J connectivity index is 2.85. The number of carboxylic acid groups (broad SMARTS) is 1. The Labute approximate surface area is 125 Å². The van der Waals surface area contributed by atoms with Gasteiger partial charge in [-0.05, 0) is 37.6 Å². The first-order valence-electron chi connectivity index (χ1n) is 6.90. The number of ether oxygens (including phenoxy) is 3. The topological polar surface area (TPSA) is 65.0 Å². The van der Waals surface area contributed by atoms with E-state index in [0.717, 1.165) is 18.1 Å². The summed E-state index contributed by atoms with van der Waals surface area (Å²) in [5.41, 5.74) is 0.748. The van der Waals surface area contributed by atoms with Crippen LogP contribution in [0.1, 0.15) is 25.8 Å². The molecule has 0 aliphatic rings. The maximum absolute atomic E-state index is 10.5. The van der Waals surface area contributed by atoms with Crippen LogP contribution in [-0.2, 0) is 9.53 Å². The van der Waals surface area contributed by atoms with E-state index < -0.39 is 5.97 Å². The van der Waals surface area contributed by atoms with Crippen molar-refractivity contribution in [3.63, 3.8) is 0 Å². The fraction of sp³-hybridized carbons (Fsp3) is 0.438. The van der Waals surface area contributed by atoms with Gasteiger partial charge in [0.25, 0.3) is 0 Å². The summed E-state index contributed by atoms with van der Waals surface area (Å²) in [6, 6.07) is 5.34. The first kappa shape index (κ1) is 17.0. The lowest BCUT2D eigenvalue weighted by Crippen LogP contribution is -2.14. The molecule has 0 aliphatic heterocycles. The molecule has 5 nitrogen and oxygen atoms in total. The Morgan fingerprint density at radius 3 is 2.76 bits per heavy atom. The van der Waals surface area contributed by atoms with Crippen LogP contribution in [0.3, 0.4) is 0 Å². The maximum Gasteiger partial charge on any atom is 0.328 e. The van der Waals surface area contributed by atoms with Crippen molar-refractivity contribution in [2.75, 3.05) is 20.3 Å². The monoisotopic (exact) mass is 294 g/mol. The zero-order valence-corrected chi connectivity index (χ0v) is 12.7. The lowest BCUT2D eigenvalue weighted by Gasteiger charge is -2.17. The highest BCUT2D eigenvalue weighted by Gasteiger charge is 2.10. The number of hydrogen-bond acceptors (Lipinski definition) is 4. The molecule has 0 amide bonds. The minimum atomic E-state index is -0.985. The van der Waals surface area contributed by atoms with Gasteiger partial charge < -0.3 is 19.3 Å². The summed E-state index contributed by atoms with van der Waals surface area (Å²) in [6.07, 6.45) is 3.39. The predicted octanol–water partition coefficient (Wildman–Crippen LogP) is 2.99. The van der Waals surface area contributed by atoms with Crippen molar-refractivity contribution in [2.24, 2.45) is 0 Å². The fourth-order valence-electron chi connectivity index (χ4n) is 1.72. The average molecular weight is 294 g/mol. The first-order valence-corrected chi connectivity index (χ1v) is 6.90. The molecule has 0 spiro atoms. The van der Waals surface area contributed by atoms with Gasteiger partial charge in [0.05, 0.1) is 12.7 Å². The Morgan fingerprint density at radius 1 is 1.38 bits per heavy atom. The number of hydrogen-bond donors (Lipinski definition) is 1. The second kappa shape index (κ2) is 9.02. The lowest BCUT2D eigenvalue weighted by molar-refractivity contribution is -0.131. The molecule has 5 heteroatoms. The van der Waals surface area contributed by atoms with Gasteiger partial charge in [-0.2, -0.15) is 0 Å². The zero-order chi connectivity index (χ0) is 15.7. The fourth-order valence-corrected chi connectivity index (χ4v) is 1.72. The number of benzene rings is 1. The molecule has 21 heavy (non-hydrogen) atoms. The van der Waals surface area contributed by atoms with Crippen molar-refractivity contribution in [2.45, 2.75) is 26.4 Å². The SMILES string of the molecule is CCOc1cc(/C=C/C(=O)O)ccc1OC(C)CCOC. The van der Waals surface area contributed by atoms with E-state index in [-0.39, 0.29) is 6.10 Å². The summed E-state index contributed by atoms with van der Waals surface area (Å²) >= 11 is 0. The molecule has 1 unspecified atom stereocenters. The highest BCUT2D eigenvalue weighted by Crippen LogP contribution is 2.30. The largest absolute Gasteiger partial charge is 0.490 e. The molecule has 1 rings (SSSR count). The van der Waals surface area contributed by atoms with Gasteiger partial charge in [0.1, 0.15) is 0 Å². The minimum absolute atomic E-state index is 0.00423. The number of methoxy groups -OCH3 is 1. The van der Waals surface area contributed by atoms with E-state index in [1.54, 1.807) is 25.3 Å². The van der Waals surface area contributed by atoms with Crippen molar-refractivity contribution in [1.82, 2.24) is 0 Å². The number of aliphatic carboxylic acids is 1. The summed E-state index contributed by atoms with van der Waals surface area (Å²) in [5, 5.41) is 8.65. The predicted molar refractivity (Wildman–Crippen MR) is 80.9 cm³/mol. The number of carbonyl (C=O) groups is 1. The van der Waals surface area contributed by atoms with Gasteiger partial charge >= 0.3 is 5.97 Å².